The smallest absolute Gasteiger partial charge is 0.194 e. The van der Waals surface area contributed by atoms with Crippen molar-refractivity contribution in [2.45, 2.75) is 45.2 Å². The Kier molecular flexibility index (Phi) is 5.30. The number of fused-ring (bicyclic) bond motifs is 1. The van der Waals surface area contributed by atoms with Crippen molar-refractivity contribution in [1.29, 1.82) is 0 Å². The van der Waals surface area contributed by atoms with Crippen molar-refractivity contribution in [3.8, 4) is 5.75 Å². The molecule has 148 valence electrons. The van der Waals surface area contributed by atoms with Gasteiger partial charge in [-0.3, -0.25) is 4.99 Å². The van der Waals surface area contributed by atoms with Gasteiger partial charge in [-0.05, 0) is 61.8 Å². The molecule has 4 rings (SSSR count). The summed E-state index contributed by atoms with van der Waals surface area (Å²) in [4.78, 5) is 7.15. The normalized spacial score (nSPS) is 24.6. The summed E-state index contributed by atoms with van der Waals surface area (Å²) in [5.41, 5.74) is 2.67. The van der Waals surface area contributed by atoms with Crippen molar-refractivity contribution in [3.63, 3.8) is 0 Å². The van der Waals surface area contributed by atoms with Gasteiger partial charge in [0, 0.05) is 25.7 Å². The van der Waals surface area contributed by atoms with Gasteiger partial charge in [-0.2, -0.15) is 0 Å². The molecule has 3 aliphatic rings. The minimum Gasteiger partial charge on any atom is -0.494 e. The second kappa shape index (κ2) is 7.70. The van der Waals surface area contributed by atoms with Crippen LogP contribution in [-0.2, 0) is 22.8 Å². The average Bonchev–Trinajstić information content (AvgIpc) is 3.40. The highest BCUT2D eigenvalue weighted by Gasteiger charge is 2.30. The van der Waals surface area contributed by atoms with E-state index in [1.807, 2.05) is 13.0 Å². The third-order valence-electron chi connectivity index (χ3n) is 5.54. The molecule has 2 heterocycles. The standard InChI is InChI=1S/C20H29N3O3S/c1-2-26-19-6-3-17-13-23(9-7-16(17)11-19)20(22-18-4-5-18)21-12-15-8-10-27(24,25)14-15/h3,6,11,15,18H,2,4-5,7-10,12-14H2,1H3,(H,21,22). The van der Waals surface area contributed by atoms with Crippen molar-refractivity contribution >= 4 is 15.8 Å². The van der Waals surface area contributed by atoms with E-state index < -0.39 is 9.84 Å². The first-order chi connectivity index (χ1) is 13.0. The predicted molar refractivity (Wildman–Crippen MR) is 107 cm³/mol. The Morgan fingerprint density at radius 2 is 2.15 bits per heavy atom. The van der Waals surface area contributed by atoms with Gasteiger partial charge in [-0.25, -0.2) is 8.42 Å². The van der Waals surface area contributed by atoms with Crippen LogP contribution in [0.3, 0.4) is 0 Å². The number of nitrogens with zero attached hydrogens (tertiary/aromatic N) is 2. The Bertz CT molecular complexity index is 818. The number of ether oxygens (including phenoxy) is 1. The van der Waals surface area contributed by atoms with Crippen LogP contribution >= 0.6 is 0 Å². The topological polar surface area (TPSA) is 71.0 Å². The van der Waals surface area contributed by atoms with Crippen LogP contribution in [0.5, 0.6) is 5.75 Å². The Morgan fingerprint density at radius 1 is 1.30 bits per heavy atom. The fourth-order valence-electron chi connectivity index (χ4n) is 3.85. The molecule has 1 N–H and O–H groups in total. The lowest BCUT2D eigenvalue weighted by Crippen LogP contribution is -2.45. The molecule has 0 radical (unpaired) electrons. The minimum atomic E-state index is -2.84. The SMILES string of the molecule is CCOc1ccc2c(c1)CCN(C(=NCC1CCS(=O)(=O)C1)NC1CC1)C2. The van der Waals surface area contributed by atoms with Crippen LogP contribution in [-0.4, -0.2) is 56.5 Å². The van der Waals surface area contributed by atoms with Crippen LogP contribution in [0.1, 0.15) is 37.3 Å². The summed E-state index contributed by atoms with van der Waals surface area (Å²) < 4.78 is 29.0. The molecule has 0 spiro atoms. The lowest BCUT2D eigenvalue weighted by Gasteiger charge is -2.32. The van der Waals surface area contributed by atoms with E-state index in [0.29, 0.717) is 24.9 Å². The molecule has 2 aliphatic heterocycles. The van der Waals surface area contributed by atoms with Gasteiger partial charge in [0.1, 0.15) is 5.75 Å². The number of nitrogens with one attached hydrogen (secondary N) is 1. The highest BCUT2D eigenvalue weighted by atomic mass is 32.2. The first-order valence-corrected chi connectivity index (χ1v) is 11.9. The summed E-state index contributed by atoms with van der Waals surface area (Å²) in [6.07, 6.45) is 4.10. The van der Waals surface area contributed by atoms with E-state index in [-0.39, 0.29) is 11.7 Å². The lowest BCUT2D eigenvalue weighted by molar-refractivity contribution is 0.337. The molecular formula is C20H29N3O3S. The molecule has 0 aromatic heterocycles. The fourth-order valence-corrected chi connectivity index (χ4v) is 5.69. The van der Waals surface area contributed by atoms with Gasteiger partial charge in [0.05, 0.1) is 18.1 Å². The van der Waals surface area contributed by atoms with Crippen LogP contribution in [0.15, 0.2) is 23.2 Å². The van der Waals surface area contributed by atoms with E-state index in [4.69, 9.17) is 9.73 Å². The first kappa shape index (κ1) is 18.6. The van der Waals surface area contributed by atoms with Gasteiger partial charge in [-0.15, -0.1) is 0 Å². The van der Waals surface area contributed by atoms with Crippen LogP contribution in [0.2, 0.25) is 0 Å². The number of guanidine groups is 1. The maximum absolute atomic E-state index is 11.7. The maximum atomic E-state index is 11.7. The fraction of sp³-hybridized carbons (Fsp3) is 0.650. The molecule has 2 fully saturated rings. The number of sulfone groups is 1. The number of benzene rings is 1. The van der Waals surface area contributed by atoms with Crippen molar-refractivity contribution in [1.82, 2.24) is 10.2 Å². The monoisotopic (exact) mass is 391 g/mol. The molecule has 1 saturated carbocycles. The summed E-state index contributed by atoms with van der Waals surface area (Å²) in [5.74, 6) is 2.66. The van der Waals surface area contributed by atoms with E-state index in [1.165, 1.54) is 24.0 Å². The molecule has 1 atom stereocenters. The zero-order valence-corrected chi connectivity index (χ0v) is 16.8. The number of hydrogen-bond donors (Lipinski definition) is 1. The second-order valence-electron chi connectivity index (χ2n) is 7.89. The van der Waals surface area contributed by atoms with Crippen LogP contribution in [0, 0.1) is 5.92 Å². The van der Waals surface area contributed by atoms with Crippen molar-refractivity contribution in [2.75, 3.05) is 31.2 Å². The zero-order valence-electron chi connectivity index (χ0n) is 16.0. The van der Waals surface area contributed by atoms with Crippen LogP contribution < -0.4 is 10.1 Å². The molecule has 0 bridgehead atoms. The van der Waals surface area contributed by atoms with E-state index in [0.717, 1.165) is 37.6 Å². The van der Waals surface area contributed by atoms with Gasteiger partial charge in [-0.1, -0.05) is 6.07 Å². The largest absolute Gasteiger partial charge is 0.494 e. The van der Waals surface area contributed by atoms with Gasteiger partial charge in [0.15, 0.2) is 15.8 Å². The Hall–Kier alpha value is -1.76. The highest BCUT2D eigenvalue weighted by molar-refractivity contribution is 7.91. The minimum absolute atomic E-state index is 0.164. The Balaban J connectivity index is 1.45. The third kappa shape index (κ3) is 4.75. The number of aliphatic imine (C=N–C) groups is 1. The second-order valence-corrected chi connectivity index (χ2v) is 10.1. The molecule has 1 aromatic rings. The molecule has 1 saturated heterocycles. The highest BCUT2D eigenvalue weighted by Crippen LogP contribution is 2.26. The number of hydrogen-bond acceptors (Lipinski definition) is 4. The van der Waals surface area contributed by atoms with Gasteiger partial charge in [0.2, 0.25) is 0 Å². The lowest BCUT2D eigenvalue weighted by atomic mass is 9.99. The molecule has 27 heavy (non-hydrogen) atoms. The van der Waals surface area contributed by atoms with Gasteiger partial charge < -0.3 is 15.0 Å². The molecule has 7 heteroatoms. The Labute approximate surface area is 161 Å². The summed E-state index contributed by atoms with van der Waals surface area (Å²) in [6.45, 7) is 5.04. The quantitative estimate of drug-likeness (QED) is 0.614. The zero-order chi connectivity index (χ0) is 18.9. The molecule has 1 unspecified atom stereocenters. The van der Waals surface area contributed by atoms with E-state index in [9.17, 15) is 8.42 Å². The average molecular weight is 392 g/mol. The molecule has 0 amide bonds. The first-order valence-electron chi connectivity index (χ1n) is 10.0. The van der Waals surface area contributed by atoms with Crippen molar-refractivity contribution in [2.24, 2.45) is 10.9 Å². The molecule has 1 aromatic carbocycles. The van der Waals surface area contributed by atoms with E-state index in [1.54, 1.807) is 0 Å². The van der Waals surface area contributed by atoms with Crippen LogP contribution in [0.4, 0.5) is 0 Å². The summed E-state index contributed by atoms with van der Waals surface area (Å²) >= 11 is 0. The summed E-state index contributed by atoms with van der Waals surface area (Å²) in [7, 11) is -2.84. The summed E-state index contributed by atoms with van der Waals surface area (Å²) in [6, 6.07) is 6.88. The van der Waals surface area contributed by atoms with Crippen molar-refractivity contribution < 1.29 is 13.2 Å². The molecular weight excluding hydrogens is 362 g/mol. The summed E-state index contributed by atoms with van der Waals surface area (Å²) in [5, 5.41) is 3.57. The van der Waals surface area contributed by atoms with E-state index in [2.05, 4.69) is 22.3 Å². The van der Waals surface area contributed by atoms with E-state index >= 15 is 0 Å². The van der Waals surface area contributed by atoms with Gasteiger partial charge >= 0.3 is 0 Å². The molecule has 1 aliphatic carbocycles. The molecule has 6 nitrogen and oxygen atoms in total. The number of rotatable bonds is 5. The third-order valence-corrected chi connectivity index (χ3v) is 7.37. The van der Waals surface area contributed by atoms with Gasteiger partial charge in [0.25, 0.3) is 0 Å². The predicted octanol–water partition coefficient (Wildman–Crippen LogP) is 1.99. The Morgan fingerprint density at radius 3 is 2.85 bits per heavy atom. The van der Waals surface area contributed by atoms with Crippen molar-refractivity contribution in [3.05, 3.63) is 29.3 Å². The maximum Gasteiger partial charge on any atom is 0.194 e. The van der Waals surface area contributed by atoms with Crippen LogP contribution in [0.25, 0.3) is 0 Å².